The van der Waals surface area contributed by atoms with E-state index in [-0.39, 0.29) is 11.4 Å². The monoisotopic (exact) mass is 395 g/mol. The molecule has 1 atom stereocenters. The minimum atomic E-state index is -3.72. The topological polar surface area (TPSA) is 74.7 Å². The number of carbonyl (C=O) groups is 1. The van der Waals surface area contributed by atoms with Crippen molar-refractivity contribution in [1.29, 1.82) is 0 Å². The van der Waals surface area contributed by atoms with Crippen molar-refractivity contribution in [2.24, 2.45) is 0 Å². The van der Waals surface area contributed by atoms with Crippen molar-refractivity contribution in [3.05, 3.63) is 27.3 Å². The number of rotatable bonds is 3. The molecular weight excluding hydrogens is 381 g/mol. The second-order valence-electron chi connectivity index (χ2n) is 4.52. The van der Waals surface area contributed by atoms with Crippen molar-refractivity contribution in [3.8, 4) is 0 Å². The van der Waals surface area contributed by atoms with Crippen LogP contribution in [0.2, 0.25) is 0 Å². The van der Waals surface area contributed by atoms with Gasteiger partial charge in [-0.3, -0.25) is 4.79 Å². The van der Waals surface area contributed by atoms with Crippen molar-refractivity contribution in [2.75, 3.05) is 6.54 Å². The third kappa shape index (κ3) is 2.77. The van der Waals surface area contributed by atoms with Gasteiger partial charge in [0.25, 0.3) is 0 Å². The number of benzene rings is 1. The Bertz CT molecular complexity index is 614. The third-order valence-electron chi connectivity index (χ3n) is 3.24. The number of carboxylic acid groups (broad SMARTS) is 1. The van der Waals surface area contributed by atoms with Gasteiger partial charge >= 0.3 is 5.97 Å². The molecule has 5 nitrogen and oxygen atoms in total. The normalized spacial score (nSPS) is 20.6. The van der Waals surface area contributed by atoms with Gasteiger partial charge in [-0.1, -0.05) is 6.07 Å². The van der Waals surface area contributed by atoms with Crippen LogP contribution in [0.1, 0.15) is 18.4 Å². The highest BCUT2D eigenvalue weighted by Gasteiger charge is 2.39. The van der Waals surface area contributed by atoms with Crippen molar-refractivity contribution < 1.29 is 18.3 Å². The Hall–Kier alpha value is -0.670. The Morgan fingerprint density at radius 3 is 2.74 bits per heavy atom. The lowest BCUT2D eigenvalue weighted by Gasteiger charge is -2.21. The van der Waals surface area contributed by atoms with Gasteiger partial charge in [-0.25, -0.2) is 8.42 Å². The maximum absolute atomic E-state index is 12.5. The molecule has 0 aliphatic carbocycles. The molecule has 1 aromatic rings. The van der Waals surface area contributed by atoms with Crippen LogP contribution in [-0.2, 0) is 14.8 Å². The summed E-state index contributed by atoms with van der Waals surface area (Å²) in [6.45, 7) is 2.16. The van der Waals surface area contributed by atoms with Gasteiger partial charge < -0.3 is 5.11 Å². The molecule has 104 valence electrons. The summed E-state index contributed by atoms with van der Waals surface area (Å²) in [4.78, 5) is 11.3. The lowest BCUT2D eigenvalue weighted by Crippen LogP contribution is -2.40. The van der Waals surface area contributed by atoms with Gasteiger partial charge in [0.2, 0.25) is 10.0 Å². The summed E-state index contributed by atoms with van der Waals surface area (Å²) in [6.07, 6.45) is 0.955. The standard InChI is InChI=1S/C12H14INO4S/c1-8-4-5-9(7-10(8)13)19(17,18)14-6-2-3-11(14)12(15)16/h4-5,7,11H,2-3,6H2,1H3,(H,15,16)/t11-/m0/s1. The van der Waals surface area contributed by atoms with Crippen LogP contribution in [0.4, 0.5) is 0 Å². The molecule has 1 aliphatic heterocycles. The van der Waals surface area contributed by atoms with E-state index in [1.54, 1.807) is 12.1 Å². The summed E-state index contributed by atoms with van der Waals surface area (Å²) in [5.74, 6) is -1.08. The molecule has 1 saturated heterocycles. The first-order chi connectivity index (χ1) is 8.84. The van der Waals surface area contributed by atoms with Gasteiger partial charge in [0, 0.05) is 10.1 Å². The van der Waals surface area contributed by atoms with E-state index in [1.807, 2.05) is 6.92 Å². The maximum Gasteiger partial charge on any atom is 0.322 e. The second kappa shape index (κ2) is 5.37. The molecule has 1 fully saturated rings. The van der Waals surface area contributed by atoms with Crippen LogP contribution < -0.4 is 0 Å². The summed E-state index contributed by atoms with van der Waals surface area (Å²) in [6, 6.07) is 3.91. The van der Waals surface area contributed by atoms with Crippen molar-refractivity contribution in [2.45, 2.75) is 30.7 Å². The zero-order valence-corrected chi connectivity index (χ0v) is 13.3. The van der Waals surface area contributed by atoms with E-state index < -0.39 is 22.0 Å². The van der Waals surface area contributed by atoms with Crippen LogP contribution in [0.15, 0.2) is 23.1 Å². The van der Waals surface area contributed by atoms with Crippen LogP contribution in [0.5, 0.6) is 0 Å². The average Bonchev–Trinajstić information content (AvgIpc) is 2.82. The fraction of sp³-hybridized carbons (Fsp3) is 0.417. The summed E-state index contributed by atoms with van der Waals surface area (Å²) in [7, 11) is -3.72. The predicted octanol–water partition coefficient (Wildman–Crippen LogP) is 1.84. The molecule has 7 heteroatoms. The molecule has 0 saturated carbocycles. The highest BCUT2D eigenvalue weighted by molar-refractivity contribution is 14.1. The predicted molar refractivity (Wildman–Crippen MR) is 78.4 cm³/mol. The van der Waals surface area contributed by atoms with E-state index in [0.717, 1.165) is 13.4 Å². The Morgan fingerprint density at radius 2 is 2.16 bits per heavy atom. The smallest absolute Gasteiger partial charge is 0.322 e. The Balaban J connectivity index is 2.42. The quantitative estimate of drug-likeness (QED) is 0.793. The van der Waals surface area contributed by atoms with E-state index in [9.17, 15) is 13.2 Å². The lowest BCUT2D eigenvalue weighted by molar-refractivity contribution is -0.140. The fourth-order valence-corrected chi connectivity index (χ4v) is 4.55. The van der Waals surface area contributed by atoms with Gasteiger partial charge in [0.05, 0.1) is 4.90 Å². The second-order valence-corrected chi connectivity index (χ2v) is 7.58. The minimum Gasteiger partial charge on any atom is -0.480 e. The highest BCUT2D eigenvalue weighted by Crippen LogP contribution is 2.27. The first kappa shape index (κ1) is 14.7. The third-order valence-corrected chi connectivity index (χ3v) is 6.30. The fourth-order valence-electron chi connectivity index (χ4n) is 2.14. The van der Waals surface area contributed by atoms with Gasteiger partial charge in [-0.15, -0.1) is 0 Å². The number of carboxylic acids is 1. The number of nitrogens with zero attached hydrogens (tertiary/aromatic N) is 1. The highest BCUT2D eigenvalue weighted by atomic mass is 127. The van der Waals surface area contributed by atoms with Crippen LogP contribution in [0.3, 0.4) is 0 Å². The van der Waals surface area contributed by atoms with Gasteiger partial charge in [-0.05, 0) is 60.1 Å². The minimum absolute atomic E-state index is 0.163. The van der Waals surface area contributed by atoms with Crippen LogP contribution in [0.25, 0.3) is 0 Å². The number of halogens is 1. The molecule has 19 heavy (non-hydrogen) atoms. The maximum atomic E-state index is 12.5. The number of sulfonamides is 1. The molecule has 0 radical (unpaired) electrons. The van der Waals surface area contributed by atoms with Crippen LogP contribution in [-0.4, -0.2) is 36.4 Å². The van der Waals surface area contributed by atoms with E-state index in [4.69, 9.17) is 5.11 Å². The lowest BCUT2D eigenvalue weighted by atomic mass is 10.2. The van der Waals surface area contributed by atoms with Crippen LogP contribution in [0, 0.1) is 10.5 Å². The Morgan fingerprint density at radius 1 is 1.47 bits per heavy atom. The first-order valence-corrected chi connectivity index (χ1v) is 8.36. The van der Waals surface area contributed by atoms with E-state index >= 15 is 0 Å². The van der Waals surface area contributed by atoms with Crippen LogP contribution >= 0.6 is 22.6 Å². The number of aliphatic carboxylic acids is 1. The van der Waals surface area contributed by atoms with E-state index in [0.29, 0.717) is 12.8 Å². The molecule has 0 aromatic heterocycles. The number of hydrogen-bond acceptors (Lipinski definition) is 3. The Labute approximate surface area is 125 Å². The molecular formula is C12H14INO4S. The molecule has 0 bridgehead atoms. The molecule has 1 aliphatic rings. The largest absolute Gasteiger partial charge is 0.480 e. The first-order valence-electron chi connectivity index (χ1n) is 5.85. The summed E-state index contributed by atoms with van der Waals surface area (Å²) < 4.78 is 26.9. The zero-order valence-electron chi connectivity index (χ0n) is 10.3. The summed E-state index contributed by atoms with van der Waals surface area (Å²) in [5, 5.41) is 9.09. The molecule has 0 unspecified atom stereocenters. The van der Waals surface area contributed by atoms with Gasteiger partial charge in [-0.2, -0.15) is 4.31 Å². The Kier molecular flexibility index (Phi) is 4.17. The molecule has 1 heterocycles. The van der Waals surface area contributed by atoms with Gasteiger partial charge in [0.1, 0.15) is 6.04 Å². The SMILES string of the molecule is Cc1ccc(S(=O)(=O)N2CCC[C@H]2C(=O)O)cc1I. The molecule has 1 aromatic carbocycles. The molecule has 0 amide bonds. The molecule has 2 rings (SSSR count). The average molecular weight is 395 g/mol. The van der Waals surface area contributed by atoms with E-state index in [1.165, 1.54) is 6.07 Å². The van der Waals surface area contributed by atoms with Crippen molar-refractivity contribution >= 4 is 38.6 Å². The van der Waals surface area contributed by atoms with Crippen molar-refractivity contribution in [3.63, 3.8) is 0 Å². The zero-order chi connectivity index (χ0) is 14.2. The summed E-state index contributed by atoms with van der Waals surface area (Å²) >= 11 is 2.07. The van der Waals surface area contributed by atoms with Crippen molar-refractivity contribution in [1.82, 2.24) is 4.31 Å². The van der Waals surface area contributed by atoms with Gasteiger partial charge in [0.15, 0.2) is 0 Å². The summed E-state index contributed by atoms with van der Waals surface area (Å²) in [5.41, 5.74) is 0.996. The number of aryl methyl sites for hydroxylation is 1. The van der Waals surface area contributed by atoms with E-state index in [2.05, 4.69) is 22.6 Å². The number of hydrogen-bond donors (Lipinski definition) is 1. The molecule has 1 N–H and O–H groups in total. The molecule has 0 spiro atoms.